The van der Waals surface area contributed by atoms with Crippen molar-refractivity contribution in [2.75, 3.05) is 19.6 Å². The summed E-state index contributed by atoms with van der Waals surface area (Å²) in [7, 11) is 0. The molecule has 2 rings (SSSR count). The summed E-state index contributed by atoms with van der Waals surface area (Å²) in [6.45, 7) is 5.42. The first-order chi connectivity index (χ1) is 7.34. The number of rotatable bonds is 4. The zero-order chi connectivity index (χ0) is 10.5. The lowest BCUT2D eigenvalue weighted by atomic mass is 10.1. The minimum atomic E-state index is 0.665. The highest BCUT2D eigenvalue weighted by Gasteiger charge is 2.11. The molecule has 1 unspecified atom stereocenters. The summed E-state index contributed by atoms with van der Waals surface area (Å²) in [6, 6.07) is 0.665. The highest BCUT2D eigenvalue weighted by Crippen LogP contribution is 2.08. The van der Waals surface area contributed by atoms with Gasteiger partial charge in [0, 0.05) is 30.9 Å². The summed E-state index contributed by atoms with van der Waals surface area (Å²) in [5, 5.41) is 10.3. The van der Waals surface area contributed by atoms with Gasteiger partial charge < -0.3 is 10.6 Å². The van der Waals surface area contributed by atoms with E-state index >= 15 is 0 Å². The van der Waals surface area contributed by atoms with Crippen LogP contribution in [0.4, 0.5) is 0 Å². The fraction of sp³-hybridized carbons (Fsp3) is 0.727. The Morgan fingerprint density at radius 3 is 3.27 bits per heavy atom. The molecule has 2 N–H and O–H groups in total. The van der Waals surface area contributed by atoms with Crippen molar-refractivity contribution in [1.29, 1.82) is 0 Å². The smallest absolute Gasteiger partial charge is 0.0897 e. The molecule has 0 aromatic carbocycles. The van der Waals surface area contributed by atoms with Gasteiger partial charge in [-0.25, -0.2) is 4.98 Å². The third-order valence-electron chi connectivity index (χ3n) is 2.78. The largest absolute Gasteiger partial charge is 0.315 e. The maximum absolute atomic E-state index is 4.46. The Bertz CT molecular complexity index is 292. The van der Waals surface area contributed by atoms with Crippen LogP contribution in [0.5, 0.6) is 0 Å². The van der Waals surface area contributed by atoms with E-state index in [0.29, 0.717) is 6.04 Å². The number of hydrogen-bond donors (Lipinski definition) is 2. The van der Waals surface area contributed by atoms with Crippen molar-refractivity contribution in [2.45, 2.75) is 32.2 Å². The molecule has 4 heteroatoms. The normalized spacial score (nSPS) is 21.8. The van der Waals surface area contributed by atoms with Gasteiger partial charge in [0.25, 0.3) is 0 Å². The van der Waals surface area contributed by atoms with Gasteiger partial charge in [-0.3, -0.25) is 0 Å². The van der Waals surface area contributed by atoms with Crippen molar-refractivity contribution >= 4 is 11.3 Å². The van der Waals surface area contributed by atoms with E-state index in [1.165, 1.54) is 30.1 Å². The number of nitrogens with one attached hydrogen (secondary N) is 2. The minimum absolute atomic E-state index is 0.665. The number of piperidine rings is 1. The van der Waals surface area contributed by atoms with Gasteiger partial charge in [-0.2, -0.15) is 0 Å². The highest BCUT2D eigenvalue weighted by atomic mass is 32.1. The van der Waals surface area contributed by atoms with Gasteiger partial charge in [-0.1, -0.05) is 0 Å². The molecule has 1 aliphatic heterocycles. The monoisotopic (exact) mass is 225 g/mol. The number of hydrogen-bond acceptors (Lipinski definition) is 4. The molecule has 0 bridgehead atoms. The van der Waals surface area contributed by atoms with E-state index in [2.05, 4.69) is 27.9 Å². The molecule has 0 amide bonds. The van der Waals surface area contributed by atoms with Gasteiger partial charge in [-0.05, 0) is 26.3 Å². The Morgan fingerprint density at radius 2 is 2.60 bits per heavy atom. The van der Waals surface area contributed by atoms with Crippen molar-refractivity contribution in [2.24, 2.45) is 0 Å². The number of thiazole rings is 1. The van der Waals surface area contributed by atoms with Crippen molar-refractivity contribution in [3.63, 3.8) is 0 Å². The zero-order valence-electron chi connectivity index (χ0n) is 9.25. The second-order valence-corrected chi connectivity index (χ2v) is 5.17. The molecule has 1 aliphatic rings. The first-order valence-electron chi connectivity index (χ1n) is 5.70. The maximum Gasteiger partial charge on any atom is 0.0897 e. The summed E-state index contributed by atoms with van der Waals surface area (Å²) in [6.07, 6.45) is 3.66. The van der Waals surface area contributed by atoms with Gasteiger partial charge in [0.1, 0.15) is 0 Å². The van der Waals surface area contributed by atoms with E-state index in [4.69, 9.17) is 0 Å². The predicted molar refractivity (Wildman–Crippen MR) is 64.4 cm³/mol. The molecule has 15 heavy (non-hydrogen) atoms. The van der Waals surface area contributed by atoms with Gasteiger partial charge in [-0.15, -0.1) is 11.3 Å². The second-order valence-electron chi connectivity index (χ2n) is 4.11. The Balaban J connectivity index is 1.65. The first kappa shape index (κ1) is 11.0. The van der Waals surface area contributed by atoms with E-state index < -0.39 is 0 Å². The Hall–Kier alpha value is -0.450. The zero-order valence-corrected chi connectivity index (χ0v) is 10.1. The van der Waals surface area contributed by atoms with Crippen LogP contribution in [-0.4, -0.2) is 30.7 Å². The molecule has 1 fully saturated rings. The van der Waals surface area contributed by atoms with Gasteiger partial charge in [0.05, 0.1) is 10.7 Å². The predicted octanol–water partition coefficient (Wildman–Crippen LogP) is 1.34. The molecule has 1 aromatic rings. The van der Waals surface area contributed by atoms with Crippen LogP contribution in [0.15, 0.2) is 5.38 Å². The molecule has 0 saturated carbocycles. The number of aryl methyl sites for hydroxylation is 1. The van der Waals surface area contributed by atoms with Crippen LogP contribution in [0.1, 0.15) is 23.5 Å². The second kappa shape index (κ2) is 5.58. The fourth-order valence-electron chi connectivity index (χ4n) is 1.95. The van der Waals surface area contributed by atoms with Crippen LogP contribution in [-0.2, 0) is 6.42 Å². The molecule has 84 valence electrons. The molecule has 1 aromatic heterocycles. The van der Waals surface area contributed by atoms with Gasteiger partial charge in [0.15, 0.2) is 0 Å². The molecule has 0 aliphatic carbocycles. The molecule has 0 spiro atoms. The fourth-order valence-corrected chi connectivity index (χ4v) is 2.60. The Kier molecular flexibility index (Phi) is 4.11. The van der Waals surface area contributed by atoms with Crippen LogP contribution >= 0.6 is 11.3 Å². The van der Waals surface area contributed by atoms with E-state index in [9.17, 15) is 0 Å². The van der Waals surface area contributed by atoms with Gasteiger partial charge in [0.2, 0.25) is 0 Å². The first-order valence-corrected chi connectivity index (χ1v) is 6.57. The third-order valence-corrected chi connectivity index (χ3v) is 3.60. The van der Waals surface area contributed by atoms with Crippen molar-refractivity contribution in [1.82, 2.24) is 15.6 Å². The standard InChI is InChI=1S/C11H19N3S/c1-9-14-11(8-15-9)4-6-13-10-3-2-5-12-7-10/h8,10,12-13H,2-7H2,1H3. The SMILES string of the molecule is Cc1nc(CCNC2CCCNC2)cs1. The summed E-state index contributed by atoms with van der Waals surface area (Å²) in [5.74, 6) is 0. The molecule has 0 radical (unpaired) electrons. The summed E-state index contributed by atoms with van der Waals surface area (Å²) in [4.78, 5) is 4.46. The van der Waals surface area contributed by atoms with Crippen molar-refractivity contribution in [3.8, 4) is 0 Å². The molecular weight excluding hydrogens is 206 g/mol. The highest BCUT2D eigenvalue weighted by molar-refractivity contribution is 7.09. The summed E-state index contributed by atoms with van der Waals surface area (Å²) >= 11 is 1.74. The number of aromatic nitrogens is 1. The quantitative estimate of drug-likeness (QED) is 0.812. The molecule has 3 nitrogen and oxygen atoms in total. The average molecular weight is 225 g/mol. The third kappa shape index (κ3) is 3.55. The van der Waals surface area contributed by atoms with E-state index in [0.717, 1.165) is 19.5 Å². The molecule has 1 saturated heterocycles. The lowest BCUT2D eigenvalue weighted by Crippen LogP contribution is -2.43. The summed E-state index contributed by atoms with van der Waals surface area (Å²) in [5.41, 5.74) is 1.23. The van der Waals surface area contributed by atoms with Crippen LogP contribution in [0.3, 0.4) is 0 Å². The van der Waals surface area contributed by atoms with E-state index in [1.807, 2.05) is 0 Å². The number of nitrogens with zero attached hydrogens (tertiary/aromatic N) is 1. The Morgan fingerprint density at radius 1 is 1.67 bits per heavy atom. The van der Waals surface area contributed by atoms with Crippen LogP contribution in [0.2, 0.25) is 0 Å². The Labute approximate surface area is 95.3 Å². The lowest BCUT2D eigenvalue weighted by molar-refractivity contribution is 0.392. The minimum Gasteiger partial charge on any atom is -0.315 e. The van der Waals surface area contributed by atoms with Crippen molar-refractivity contribution in [3.05, 3.63) is 16.1 Å². The van der Waals surface area contributed by atoms with Crippen LogP contribution in [0.25, 0.3) is 0 Å². The van der Waals surface area contributed by atoms with Gasteiger partial charge >= 0.3 is 0 Å². The molecule has 1 atom stereocenters. The molecular formula is C11H19N3S. The van der Waals surface area contributed by atoms with Crippen molar-refractivity contribution < 1.29 is 0 Å². The summed E-state index contributed by atoms with van der Waals surface area (Å²) < 4.78 is 0. The van der Waals surface area contributed by atoms with E-state index in [1.54, 1.807) is 11.3 Å². The lowest BCUT2D eigenvalue weighted by Gasteiger charge is -2.23. The maximum atomic E-state index is 4.46. The van der Waals surface area contributed by atoms with Crippen LogP contribution < -0.4 is 10.6 Å². The average Bonchev–Trinajstić information content (AvgIpc) is 2.66. The molecule has 2 heterocycles. The van der Waals surface area contributed by atoms with Crippen LogP contribution in [0, 0.1) is 6.92 Å². The van der Waals surface area contributed by atoms with E-state index in [-0.39, 0.29) is 0 Å². The topological polar surface area (TPSA) is 37.0 Å².